The molecule has 1 aliphatic heterocycles. The molecule has 1 fully saturated rings. The topological polar surface area (TPSA) is 32.3 Å². The number of piperidine rings is 1. The number of nitrogens with one attached hydrogen (secondary N) is 1. The Balaban J connectivity index is 2.33. The maximum Gasteiger partial charge on any atom is 0.321 e. The van der Waals surface area contributed by atoms with Gasteiger partial charge < -0.3 is 10.2 Å². The lowest BCUT2D eigenvalue weighted by Crippen LogP contribution is -2.43. The van der Waals surface area contributed by atoms with Crippen molar-refractivity contribution in [2.24, 2.45) is 11.8 Å². The van der Waals surface area contributed by atoms with Crippen LogP contribution in [0, 0.1) is 11.8 Å². The van der Waals surface area contributed by atoms with E-state index in [1.54, 1.807) is 6.20 Å². The molecule has 0 saturated carbocycles. The van der Waals surface area contributed by atoms with E-state index < -0.39 is 0 Å². The van der Waals surface area contributed by atoms with Crippen LogP contribution in [0.25, 0.3) is 0 Å². The molecule has 3 nitrogen and oxygen atoms in total. The predicted molar refractivity (Wildman–Crippen MR) is 62.5 cm³/mol. The molecule has 0 spiro atoms. The molecule has 0 aromatic rings. The number of hydrogen-bond donors (Lipinski definition) is 1. The molecule has 0 aromatic carbocycles. The van der Waals surface area contributed by atoms with Gasteiger partial charge in [-0.1, -0.05) is 26.8 Å². The summed E-state index contributed by atoms with van der Waals surface area (Å²) in [4.78, 5) is 13.6. The number of allylic oxidation sites excluding steroid dienone is 1. The van der Waals surface area contributed by atoms with Gasteiger partial charge in [0.1, 0.15) is 0 Å². The van der Waals surface area contributed by atoms with Crippen LogP contribution in [0.1, 0.15) is 33.6 Å². The van der Waals surface area contributed by atoms with Crippen LogP contribution in [0.15, 0.2) is 12.3 Å². The normalized spacial score (nSPS) is 22.4. The van der Waals surface area contributed by atoms with Gasteiger partial charge in [0.2, 0.25) is 0 Å². The lowest BCUT2D eigenvalue weighted by molar-refractivity contribution is 0.173. The van der Waals surface area contributed by atoms with Crippen LogP contribution in [0.2, 0.25) is 0 Å². The first-order chi connectivity index (χ1) is 7.09. The molecule has 0 radical (unpaired) electrons. The summed E-state index contributed by atoms with van der Waals surface area (Å²) in [6.45, 7) is 8.16. The molecule has 3 heteroatoms. The molecule has 1 aliphatic rings. The molecule has 1 atom stereocenters. The van der Waals surface area contributed by atoms with E-state index in [1.807, 2.05) is 11.0 Å². The monoisotopic (exact) mass is 210 g/mol. The highest BCUT2D eigenvalue weighted by atomic mass is 16.2. The second-order valence-corrected chi connectivity index (χ2v) is 4.75. The maximum absolute atomic E-state index is 11.7. The molecule has 1 heterocycles. The van der Waals surface area contributed by atoms with E-state index in [-0.39, 0.29) is 6.03 Å². The molecule has 0 aliphatic carbocycles. The van der Waals surface area contributed by atoms with Crippen molar-refractivity contribution >= 4 is 6.03 Å². The second kappa shape index (κ2) is 5.79. The first-order valence-corrected chi connectivity index (χ1v) is 5.81. The number of rotatable bonds is 2. The molecule has 0 bridgehead atoms. The Morgan fingerprint density at radius 1 is 1.53 bits per heavy atom. The number of carbonyl (C=O) groups is 1. The zero-order valence-corrected chi connectivity index (χ0v) is 9.99. The molecular formula is C12H22N2O. The Kier molecular flexibility index (Phi) is 4.66. The van der Waals surface area contributed by atoms with Gasteiger partial charge >= 0.3 is 6.03 Å². The van der Waals surface area contributed by atoms with Crippen LogP contribution in [-0.4, -0.2) is 24.0 Å². The van der Waals surface area contributed by atoms with Crippen molar-refractivity contribution in [3.63, 3.8) is 0 Å². The SMILES string of the molecule is CC(C)/C=C/NC(=O)N1CCCC(C)C1. The van der Waals surface area contributed by atoms with Gasteiger partial charge in [-0.2, -0.15) is 0 Å². The lowest BCUT2D eigenvalue weighted by Gasteiger charge is -2.30. The third-order valence-electron chi connectivity index (χ3n) is 2.63. The summed E-state index contributed by atoms with van der Waals surface area (Å²) in [5, 5.41) is 2.81. The van der Waals surface area contributed by atoms with Crippen LogP contribution in [-0.2, 0) is 0 Å². The standard InChI is InChI=1S/C12H22N2O/c1-10(2)6-7-13-12(15)14-8-4-5-11(3)9-14/h6-7,10-11H,4-5,8-9H2,1-3H3,(H,13,15)/b7-6+. The average molecular weight is 210 g/mol. The van der Waals surface area contributed by atoms with Crippen LogP contribution < -0.4 is 5.32 Å². The van der Waals surface area contributed by atoms with Crippen LogP contribution in [0.5, 0.6) is 0 Å². The van der Waals surface area contributed by atoms with Crippen molar-refractivity contribution in [1.82, 2.24) is 10.2 Å². The predicted octanol–water partition coefficient (Wildman–Crippen LogP) is 2.60. The Morgan fingerprint density at radius 2 is 2.27 bits per heavy atom. The molecule has 1 rings (SSSR count). The summed E-state index contributed by atoms with van der Waals surface area (Å²) in [6.07, 6.45) is 6.12. The number of likely N-dealkylation sites (tertiary alicyclic amines) is 1. The van der Waals surface area contributed by atoms with Gasteiger partial charge in [-0.25, -0.2) is 4.79 Å². The number of urea groups is 1. The van der Waals surface area contributed by atoms with E-state index in [1.165, 1.54) is 6.42 Å². The third kappa shape index (κ3) is 4.36. The second-order valence-electron chi connectivity index (χ2n) is 4.75. The van der Waals surface area contributed by atoms with E-state index in [2.05, 4.69) is 26.1 Å². The minimum atomic E-state index is 0.0402. The summed E-state index contributed by atoms with van der Waals surface area (Å²) < 4.78 is 0. The van der Waals surface area contributed by atoms with Gasteiger partial charge in [-0.15, -0.1) is 0 Å². The van der Waals surface area contributed by atoms with Crippen LogP contribution in [0.3, 0.4) is 0 Å². The molecule has 86 valence electrons. The Bertz CT molecular complexity index is 236. The van der Waals surface area contributed by atoms with E-state index in [9.17, 15) is 4.79 Å². The zero-order chi connectivity index (χ0) is 11.3. The quantitative estimate of drug-likeness (QED) is 0.746. The van der Waals surface area contributed by atoms with Gasteiger partial charge in [-0.3, -0.25) is 0 Å². The first kappa shape index (κ1) is 12.1. The van der Waals surface area contributed by atoms with Gasteiger partial charge in [0.05, 0.1) is 0 Å². The fourth-order valence-electron chi connectivity index (χ4n) is 1.78. The largest absolute Gasteiger partial charge is 0.324 e. The summed E-state index contributed by atoms with van der Waals surface area (Å²) in [5.74, 6) is 1.11. The molecule has 2 amide bonds. The first-order valence-electron chi connectivity index (χ1n) is 5.81. The van der Waals surface area contributed by atoms with Gasteiger partial charge in [0.25, 0.3) is 0 Å². The van der Waals surface area contributed by atoms with Gasteiger partial charge in [-0.05, 0) is 24.7 Å². The van der Waals surface area contributed by atoms with E-state index in [0.29, 0.717) is 11.8 Å². The Labute approximate surface area is 92.5 Å². The van der Waals surface area contributed by atoms with E-state index in [0.717, 1.165) is 19.5 Å². The molecule has 1 unspecified atom stereocenters. The average Bonchev–Trinajstić information content (AvgIpc) is 2.17. The molecule has 15 heavy (non-hydrogen) atoms. The van der Waals surface area contributed by atoms with Gasteiger partial charge in [0, 0.05) is 19.3 Å². The van der Waals surface area contributed by atoms with Crippen molar-refractivity contribution in [2.45, 2.75) is 33.6 Å². The van der Waals surface area contributed by atoms with Crippen LogP contribution >= 0.6 is 0 Å². The van der Waals surface area contributed by atoms with Crippen molar-refractivity contribution in [3.05, 3.63) is 12.3 Å². The van der Waals surface area contributed by atoms with Crippen LogP contribution in [0.4, 0.5) is 4.79 Å². The van der Waals surface area contributed by atoms with Crippen molar-refractivity contribution in [3.8, 4) is 0 Å². The molecule has 1 N–H and O–H groups in total. The number of nitrogens with zero attached hydrogens (tertiary/aromatic N) is 1. The van der Waals surface area contributed by atoms with Crippen molar-refractivity contribution in [2.75, 3.05) is 13.1 Å². The number of carbonyl (C=O) groups excluding carboxylic acids is 1. The number of amides is 2. The van der Waals surface area contributed by atoms with E-state index >= 15 is 0 Å². The highest BCUT2D eigenvalue weighted by Gasteiger charge is 2.19. The summed E-state index contributed by atoms with van der Waals surface area (Å²) in [6, 6.07) is 0.0402. The summed E-state index contributed by atoms with van der Waals surface area (Å²) in [7, 11) is 0. The van der Waals surface area contributed by atoms with Gasteiger partial charge in [0.15, 0.2) is 0 Å². The van der Waals surface area contributed by atoms with Crippen molar-refractivity contribution < 1.29 is 4.79 Å². The molecule has 1 saturated heterocycles. The van der Waals surface area contributed by atoms with E-state index in [4.69, 9.17) is 0 Å². The minimum absolute atomic E-state index is 0.0402. The Morgan fingerprint density at radius 3 is 2.87 bits per heavy atom. The highest BCUT2D eigenvalue weighted by molar-refractivity contribution is 5.75. The zero-order valence-electron chi connectivity index (χ0n) is 9.99. The third-order valence-corrected chi connectivity index (χ3v) is 2.63. The fraction of sp³-hybridized carbons (Fsp3) is 0.750. The maximum atomic E-state index is 11.7. The minimum Gasteiger partial charge on any atom is -0.324 e. The number of hydrogen-bond acceptors (Lipinski definition) is 1. The summed E-state index contributed by atoms with van der Waals surface area (Å²) in [5.41, 5.74) is 0. The Hall–Kier alpha value is -0.990. The highest BCUT2D eigenvalue weighted by Crippen LogP contribution is 2.15. The van der Waals surface area contributed by atoms with Crippen molar-refractivity contribution in [1.29, 1.82) is 0 Å². The fourth-order valence-corrected chi connectivity index (χ4v) is 1.78. The summed E-state index contributed by atoms with van der Waals surface area (Å²) >= 11 is 0. The molecular weight excluding hydrogens is 188 g/mol. The smallest absolute Gasteiger partial charge is 0.321 e. The molecule has 0 aromatic heterocycles. The lowest BCUT2D eigenvalue weighted by atomic mass is 10.0.